The van der Waals surface area contributed by atoms with E-state index < -0.39 is 0 Å². The Labute approximate surface area is 190 Å². The number of amides is 1. The third-order valence-electron chi connectivity index (χ3n) is 6.11. The highest BCUT2D eigenvalue weighted by molar-refractivity contribution is 7.22. The molecule has 2 bridgehead atoms. The summed E-state index contributed by atoms with van der Waals surface area (Å²) in [6.45, 7) is 3.29. The van der Waals surface area contributed by atoms with Crippen LogP contribution in [0.25, 0.3) is 10.2 Å². The number of hydrogen-bond acceptors (Lipinski definition) is 6. The number of halogens is 1. The fraction of sp³-hybridized carbons (Fsp3) is 0.391. The van der Waals surface area contributed by atoms with Gasteiger partial charge in [0.2, 0.25) is 0 Å². The molecule has 0 spiro atoms. The van der Waals surface area contributed by atoms with Crippen molar-refractivity contribution in [1.82, 2.24) is 9.88 Å². The van der Waals surface area contributed by atoms with E-state index in [1.807, 2.05) is 29.2 Å². The molecule has 0 saturated carbocycles. The highest BCUT2D eigenvalue weighted by Gasteiger charge is 2.37. The maximum absolute atomic E-state index is 13.3. The van der Waals surface area contributed by atoms with Crippen molar-refractivity contribution >= 4 is 44.2 Å². The van der Waals surface area contributed by atoms with Gasteiger partial charge in [0.25, 0.3) is 5.91 Å². The number of carbonyl (C=O) groups is 1. The molecule has 2 aliphatic rings. The van der Waals surface area contributed by atoms with Gasteiger partial charge in [-0.15, -0.1) is 0 Å². The van der Waals surface area contributed by atoms with Gasteiger partial charge in [-0.2, -0.15) is 0 Å². The van der Waals surface area contributed by atoms with Gasteiger partial charge in [0.15, 0.2) is 5.13 Å². The topological polar surface area (TPSA) is 54.9 Å². The quantitative estimate of drug-likeness (QED) is 0.574. The summed E-state index contributed by atoms with van der Waals surface area (Å²) < 4.78 is 11.9. The van der Waals surface area contributed by atoms with E-state index in [4.69, 9.17) is 26.1 Å². The number of methoxy groups -OCH3 is 2. The molecule has 2 aromatic carbocycles. The van der Waals surface area contributed by atoms with Crippen LogP contribution in [0.3, 0.4) is 0 Å². The number of ether oxygens (including phenoxy) is 2. The van der Waals surface area contributed by atoms with Crippen LogP contribution in [0.15, 0.2) is 36.4 Å². The van der Waals surface area contributed by atoms with E-state index in [9.17, 15) is 4.79 Å². The van der Waals surface area contributed by atoms with Crippen molar-refractivity contribution in [2.45, 2.75) is 6.42 Å². The Morgan fingerprint density at radius 2 is 1.84 bits per heavy atom. The minimum absolute atomic E-state index is 0.00790. The van der Waals surface area contributed by atoms with Crippen LogP contribution in [0.2, 0.25) is 5.02 Å². The molecule has 31 heavy (non-hydrogen) atoms. The number of rotatable bonds is 4. The van der Waals surface area contributed by atoms with E-state index in [2.05, 4.69) is 4.90 Å². The van der Waals surface area contributed by atoms with E-state index in [1.54, 1.807) is 37.7 Å². The van der Waals surface area contributed by atoms with Crippen molar-refractivity contribution in [2.24, 2.45) is 11.8 Å². The van der Waals surface area contributed by atoms with Crippen LogP contribution < -0.4 is 14.4 Å². The number of aromatic nitrogens is 1. The molecular formula is C23H24ClN3O3S. The molecule has 5 rings (SSSR count). The van der Waals surface area contributed by atoms with Crippen molar-refractivity contribution in [3.05, 3.63) is 47.0 Å². The number of likely N-dealkylation sites (tertiary alicyclic amines) is 1. The molecule has 1 amide bonds. The maximum Gasteiger partial charge on any atom is 0.257 e. The van der Waals surface area contributed by atoms with Gasteiger partial charge in [-0.05, 0) is 54.7 Å². The second-order valence-corrected chi connectivity index (χ2v) is 9.70. The van der Waals surface area contributed by atoms with Crippen LogP contribution in [0.4, 0.5) is 5.13 Å². The van der Waals surface area contributed by atoms with Crippen molar-refractivity contribution < 1.29 is 14.3 Å². The summed E-state index contributed by atoms with van der Waals surface area (Å²) in [6.07, 6.45) is 1.15. The van der Waals surface area contributed by atoms with Crippen LogP contribution in [0.1, 0.15) is 16.8 Å². The summed E-state index contributed by atoms with van der Waals surface area (Å²) in [6, 6.07) is 11.2. The zero-order chi connectivity index (χ0) is 21.5. The maximum atomic E-state index is 13.3. The van der Waals surface area contributed by atoms with Gasteiger partial charge in [-0.1, -0.05) is 22.9 Å². The summed E-state index contributed by atoms with van der Waals surface area (Å²) in [5.41, 5.74) is 1.55. The van der Waals surface area contributed by atoms with E-state index in [0.29, 0.717) is 28.9 Å². The Balaban J connectivity index is 1.34. The predicted molar refractivity (Wildman–Crippen MR) is 124 cm³/mol. The number of fused-ring (bicyclic) bond motifs is 3. The van der Waals surface area contributed by atoms with E-state index >= 15 is 0 Å². The zero-order valence-electron chi connectivity index (χ0n) is 17.5. The highest BCUT2D eigenvalue weighted by Crippen LogP contribution is 2.37. The molecule has 2 unspecified atom stereocenters. The Kier molecular flexibility index (Phi) is 5.40. The monoisotopic (exact) mass is 457 g/mol. The molecule has 2 atom stereocenters. The van der Waals surface area contributed by atoms with Gasteiger partial charge >= 0.3 is 0 Å². The number of anilines is 1. The first-order chi connectivity index (χ1) is 15.0. The summed E-state index contributed by atoms with van der Waals surface area (Å²) >= 11 is 7.83. The van der Waals surface area contributed by atoms with Crippen LogP contribution in [-0.4, -0.2) is 56.2 Å². The second kappa shape index (κ2) is 8.20. The number of nitrogens with zero attached hydrogens (tertiary/aromatic N) is 3. The molecule has 0 N–H and O–H groups in total. The molecule has 3 heterocycles. The van der Waals surface area contributed by atoms with Crippen LogP contribution in [-0.2, 0) is 0 Å². The van der Waals surface area contributed by atoms with Gasteiger partial charge in [0.05, 0.1) is 30.0 Å². The first-order valence-corrected chi connectivity index (χ1v) is 11.6. The predicted octanol–water partition coefficient (Wildman–Crippen LogP) is 4.57. The minimum atomic E-state index is 0.00790. The lowest BCUT2D eigenvalue weighted by molar-refractivity contribution is 0.0561. The fourth-order valence-corrected chi connectivity index (χ4v) is 6.04. The van der Waals surface area contributed by atoms with Crippen LogP contribution in [0, 0.1) is 11.8 Å². The van der Waals surface area contributed by atoms with E-state index in [-0.39, 0.29) is 5.91 Å². The molecule has 0 radical (unpaired) electrons. The molecule has 8 heteroatoms. The SMILES string of the molecule is COc1ccc(OC)c(C(=O)N2CC3CC(C2)CN(c2nc4ccc(Cl)cc4s2)C3)c1. The van der Waals surface area contributed by atoms with Crippen LogP contribution in [0.5, 0.6) is 11.5 Å². The Morgan fingerprint density at radius 3 is 2.55 bits per heavy atom. The minimum Gasteiger partial charge on any atom is -0.497 e. The zero-order valence-corrected chi connectivity index (χ0v) is 19.1. The molecule has 6 nitrogen and oxygen atoms in total. The summed E-state index contributed by atoms with van der Waals surface area (Å²) in [5.74, 6) is 2.08. The van der Waals surface area contributed by atoms with Gasteiger partial charge in [0, 0.05) is 31.2 Å². The Morgan fingerprint density at radius 1 is 1.06 bits per heavy atom. The number of carbonyl (C=O) groups excluding carboxylic acids is 1. The Bertz CT molecular complexity index is 1120. The average molecular weight is 458 g/mol. The van der Waals surface area contributed by atoms with Gasteiger partial charge in [-0.3, -0.25) is 4.79 Å². The normalized spacial score (nSPS) is 20.7. The lowest BCUT2D eigenvalue weighted by Gasteiger charge is -2.45. The van der Waals surface area contributed by atoms with E-state index in [1.165, 1.54) is 0 Å². The van der Waals surface area contributed by atoms with Crippen molar-refractivity contribution in [3.63, 3.8) is 0 Å². The largest absolute Gasteiger partial charge is 0.497 e. The number of benzene rings is 2. The smallest absolute Gasteiger partial charge is 0.257 e. The number of hydrogen-bond donors (Lipinski definition) is 0. The molecule has 3 aromatic rings. The van der Waals surface area contributed by atoms with Crippen molar-refractivity contribution in [2.75, 3.05) is 45.3 Å². The summed E-state index contributed by atoms with van der Waals surface area (Å²) in [7, 11) is 3.19. The number of piperidine rings is 2. The Hall–Kier alpha value is -2.51. The molecule has 162 valence electrons. The second-order valence-electron chi connectivity index (χ2n) is 8.26. The lowest BCUT2D eigenvalue weighted by atomic mass is 9.84. The molecule has 2 aliphatic heterocycles. The average Bonchev–Trinajstić information content (AvgIpc) is 3.20. The van der Waals surface area contributed by atoms with Gasteiger partial charge in [-0.25, -0.2) is 4.98 Å². The molecule has 0 aliphatic carbocycles. The summed E-state index contributed by atoms with van der Waals surface area (Å²) in [4.78, 5) is 22.5. The third kappa shape index (κ3) is 3.92. The molecule has 2 saturated heterocycles. The fourth-order valence-electron chi connectivity index (χ4n) is 4.78. The first kappa shape index (κ1) is 20.4. The third-order valence-corrected chi connectivity index (χ3v) is 7.43. The summed E-state index contributed by atoms with van der Waals surface area (Å²) in [5, 5.41) is 1.78. The first-order valence-electron chi connectivity index (χ1n) is 10.4. The van der Waals surface area contributed by atoms with E-state index in [0.717, 1.165) is 53.0 Å². The molecular weight excluding hydrogens is 434 g/mol. The standard InChI is InChI=1S/C23H24ClN3O3S/c1-29-17-4-6-20(30-2)18(9-17)22(28)26-10-14-7-15(11-26)13-27(12-14)23-25-19-5-3-16(24)8-21(19)31-23/h3-6,8-9,14-15H,7,10-13H2,1-2H3. The molecule has 2 fully saturated rings. The van der Waals surface area contributed by atoms with Crippen molar-refractivity contribution in [1.29, 1.82) is 0 Å². The van der Waals surface area contributed by atoms with Gasteiger partial charge in [0.1, 0.15) is 11.5 Å². The lowest BCUT2D eigenvalue weighted by Crippen LogP contribution is -2.54. The van der Waals surface area contributed by atoms with Crippen LogP contribution >= 0.6 is 22.9 Å². The number of thiazole rings is 1. The van der Waals surface area contributed by atoms with Gasteiger partial charge < -0.3 is 19.3 Å². The molecule has 1 aromatic heterocycles. The highest BCUT2D eigenvalue weighted by atomic mass is 35.5. The van der Waals surface area contributed by atoms with Crippen molar-refractivity contribution in [3.8, 4) is 11.5 Å².